The molecule has 0 radical (unpaired) electrons. The van der Waals surface area contributed by atoms with E-state index >= 15 is 0 Å². The molecule has 1 aliphatic rings. The molecule has 0 aliphatic carbocycles. The Balaban J connectivity index is 0.000000277. The molecular weight excluding hydrogens is 380 g/mol. The molecule has 29 heavy (non-hydrogen) atoms. The van der Waals surface area contributed by atoms with E-state index in [-0.39, 0.29) is 17.7 Å². The maximum atomic E-state index is 11.9. The average molecular weight is 409 g/mol. The lowest BCUT2D eigenvalue weighted by molar-refractivity contribution is -0.106. The van der Waals surface area contributed by atoms with Crippen LogP contribution in [0.5, 0.6) is 5.75 Å². The van der Waals surface area contributed by atoms with Crippen LogP contribution in [0.15, 0.2) is 30.7 Å². The highest BCUT2D eigenvalue weighted by molar-refractivity contribution is 5.42. The van der Waals surface area contributed by atoms with Gasteiger partial charge in [0.25, 0.3) is 6.43 Å². The van der Waals surface area contributed by atoms with Gasteiger partial charge in [0.15, 0.2) is 5.75 Å². The Hall–Kier alpha value is -2.84. The first-order chi connectivity index (χ1) is 13.7. The summed E-state index contributed by atoms with van der Waals surface area (Å²) in [5, 5.41) is 9.15. The van der Waals surface area contributed by atoms with Crippen LogP contribution in [0.4, 0.5) is 14.7 Å². The van der Waals surface area contributed by atoms with Crippen molar-refractivity contribution in [3.63, 3.8) is 0 Å². The number of nitrogens with two attached hydrogens (primary N) is 1. The van der Waals surface area contributed by atoms with Gasteiger partial charge in [0, 0.05) is 30.0 Å². The standard InChI is InChI=1S/C12H19N3O.C7H7F2N.CH3NO/c1-8(2)4-11-9(3)7-15(11)12-13-5-10(16)6-14-12;1-5-4-6(7(8)9)2-3-10-5;2-1-3/h5-6,8-9,11,16H,4,7H2,1-3H3;2-4,7H,1H3;1H,(H2,2,3). The van der Waals surface area contributed by atoms with E-state index in [1.54, 1.807) is 6.92 Å². The number of aromatic nitrogens is 3. The minimum absolute atomic E-state index is 0.0347. The lowest BCUT2D eigenvalue weighted by atomic mass is 9.84. The molecule has 0 aromatic carbocycles. The molecule has 0 bridgehead atoms. The maximum absolute atomic E-state index is 11.9. The molecule has 0 saturated carbocycles. The normalized spacial score (nSPS) is 17.6. The predicted octanol–water partition coefficient (Wildman–Crippen LogP) is 3.48. The summed E-state index contributed by atoms with van der Waals surface area (Å²) in [4.78, 5) is 22.9. The molecule has 2 aromatic heterocycles. The van der Waals surface area contributed by atoms with Gasteiger partial charge < -0.3 is 15.7 Å². The van der Waals surface area contributed by atoms with E-state index in [0.29, 0.717) is 23.6 Å². The number of aryl methyl sites for hydroxylation is 1. The van der Waals surface area contributed by atoms with Gasteiger partial charge in [-0.2, -0.15) is 0 Å². The number of hydrogen-bond donors (Lipinski definition) is 2. The molecule has 2 aromatic rings. The SMILES string of the molecule is CC(C)CC1C(C)CN1c1ncc(O)cn1.Cc1cc(C(F)F)ccn1.NC=O. The van der Waals surface area contributed by atoms with Crippen LogP contribution in [-0.4, -0.2) is 39.1 Å². The molecule has 160 valence electrons. The number of alkyl halides is 2. The zero-order chi connectivity index (χ0) is 22.0. The molecule has 3 rings (SSSR count). The van der Waals surface area contributed by atoms with E-state index in [1.807, 2.05) is 0 Å². The molecule has 1 amide bonds. The van der Waals surface area contributed by atoms with Gasteiger partial charge in [-0.3, -0.25) is 9.78 Å². The van der Waals surface area contributed by atoms with Crippen molar-refractivity contribution in [3.8, 4) is 5.75 Å². The Morgan fingerprint density at radius 2 is 1.90 bits per heavy atom. The van der Waals surface area contributed by atoms with Crippen molar-refractivity contribution in [1.82, 2.24) is 15.0 Å². The Bertz CT molecular complexity index is 744. The summed E-state index contributed by atoms with van der Waals surface area (Å²) in [7, 11) is 0. The second-order valence-electron chi connectivity index (χ2n) is 7.24. The smallest absolute Gasteiger partial charge is 0.263 e. The van der Waals surface area contributed by atoms with Gasteiger partial charge in [-0.15, -0.1) is 0 Å². The number of halogens is 2. The molecule has 1 fully saturated rings. The van der Waals surface area contributed by atoms with E-state index in [1.165, 1.54) is 37.1 Å². The highest BCUT2D eigenvalue weighted by Gasteiger charge is 2.37. The molecule has 2 atom stereocenters. The second kappa shape index (κ2) is 11.9. The molecule has 3 N–H and O–H groups in total. The van der Waals surface area contributed by atoms with Gasteiger partial charge in [0.05, 0.1) is 12.4 Å². The number of primary amides is 1. The number of amides is 1. The third-order valence-electron chi connectivity index (χ3n) is 4.31. The Morgan fingerprint density at radius 1 is 1.31 bits per heavy atom. The molecule has 9 heteroatoms. The minimum Gasteiger partial charge on any atom is -0.505 e. The van der Waals surface area contributed by atoms with Gasteiger partial charge >= 0.3 is 0 Å². The van der Waals surface area contributed by atoms with Gasteiger partial charge in [0.2, 0.25) is 12.4 Å². The van der Waals surface area contributed by atoms with Crippen LogP contribution in [0.25, 0.3) is 0 Å². The molecule has 2 unspecified atom stereocenters. The third kappa shape index (κ3) is 7.97. The summed E-state index contributed by atoms with van der Waals surface area (Å²) in [6.07, 6.45) is 3.33. The third-order valence-corrected chi connectivity index (χ3v) is 4.31. The summed E-state index contributed by atoms with van der Waals surface area (Å²) in [6, 6.07) is 3.24. The van der Waals surface area contributed by atoms with Gasteiger partial charge in [-0.05, 0) is 37.3 Å². The Morgan fingerprint density at radius 3 is 2.31 bits per heavy atom. The summed E-state index contributed by atoms with van der Waals surface area (Å²) < 4.78 is 23.8. The number of rotatable bonds is 4. The lowest BCUT2D eigenvalue weighted by Crippen LogP contribution is -2.56. The number of nitrogens with zero attached hydrogens (tertiary/aromatic N) is 4. The number of carbonyl (C=O) groups is 1. The van der Waals surface area contributed by atoms with E-state index < -0.39 is 6.43 Å². The van der Waals surface area contributed by atoms with Gasteiger partial charge in [-0.1, -0.05) is 20.8 Å². The largest absolute Gasteiger partial charge is 0.505 e. The molecule has 7 nitrogen and oxygen atoms in total. The van der Waals surface area contributed by atoms with E-state index in [4.69, 9.17) is 9.90 Å². The molecule has 1 aliphatic heterocycles. The topological polar surface area (TPSA) is 105 Å². The van der Waals surface area contributed by atoms with Crippen LogP contribution in [0.1, 0.15) is 44.9 Å². The van der Waals surface area contributed by atoms with Crippen molar-refractivity contribution >= 4 is 12.4 Å². The zero-order valence-electron chi connectivity index (χ0n) is 17.2. The van der Waals surface area contributed by atoms with Crippen molar-refractivity contribution in [1.29, 1.82) is 0 Å². The van der Waals surface area contributed by atoms with Crippen molar-refractivity contribution < 1.29 is 18.7 Å². The van der Waals surface area contributed by atoms with E-state index in [0.717, 1.165) is 12.5 Å². The lowest BCUT2D eigenvalue weighted by Gasteiger charge is -2.47. The van der Waals surface area contributed by atoms with Crippen molar-refractivity contribution in [2.75, 3.05) is 11.4 Å². The number of hydrogen-bond acceptors (Lipinski definition) is 6. The number of anilines is 1. The number of carbonyl (C=O) groups excluding carboxylic acids is 1. The summed E-state index contributed by atoms with van der Waals surface area (Å²) in [6.45, 7) is 9.44. The fraction of sp³-hybridized carbons (Fsp3) is 0.500. The maximum Gasteiger partial charge on any atom is 0.263 e. The summed E-state index contributed by atoms with van der Waals surface area (Å²) in [5.74, 6) is 2.26. The Labute approximate surface area is 170 Å². The number of aromatic hydroxyl groups is 1. The van der Waals surface area contributed by atoms with Crippen LogP contribution in [0, 0.1) is 18.8 Å². The molecule has 1 saturated heterocycles. The monoisotopic (exact) mass is 409 g/mol. The number of pyridine rings is 1. The van der Waals surface area contributed by atoms with E-state index in [2.05, 4.69) is 46.4 Å². The first kappa shape index (κ1) is 24.2. The van der Waals surface area contributed by atoms with Crippen LogP contribution >= 0.6 is 0 Å². The van der Waals surface area contributed by atoms with Gasteiger partial charge in [-0.25, -0.2) is 18.7 Å². The average Bonchev–Trinajstić information content (AvgIpc) is 2.66. The first-order valence-electron chi connectivity index (χ1n) is 9.33. The minimum atomic E-state index is -2.39. The second-order valence-corrected chi connectivity index (χ2v) is 7.24. The van der Waals surface area contributed by atoms with Crippen LogP contribution in [0.3, 0.4) is 0 Å². The van der Waals surface area contributed by atoms with Crippen molar-refractivity contribution in [2.45, 2.75) is 46.6 Å². The summed E-state index contributed by atoms with van der Waals surface area (Å²) >= 11 is 0. The highest BCUT2D eigenvalue weighted by atomic mass is 19.3. The van der Waals surface area contributed by atoms with Crippen LogP contribution < -0.4 is 10.6 Å². The van der Waals surface area contributed by atoms with E-state index in [9.17, 15) is 8.78 Å². The fourth-order valence-corrected chi connectivity index (χ4v) is 2.97. The van der Waals surface area contributed by atoms with Gasteiger partial charge in [0.1, 0.15) is 0 Å². The highest BCUT2D eigenvalue weighted by Crippen LogP contribution is 2.32. The molecule has 0 spiro atoms. The Kier molecular flexibility index (Phi) is 9.91. The molecule has 3 heterocycles. The zero-order valence-corrected chi connectivity index (χ0v) is 17.2. The fourth-order valence-electron chi connectivity index (χ4n) is 2.97. The van der Waals surface area contributed by atoms with Crippen molar-refractivity contribution in [3.05, 3.63) is 42.0 Å². The molecular formula is C20H29F2N5O2. The summed E-state index contributed by atoms with van der Waals surface area (Å²) in [5.41, 5.74) is 4.82. The first-order valence-corrected chi connectivity index (χ1v) is 9.33. The quantitative estimate of drug-likeness (QED) is 0.749. The van der Waals surface area contributed by atoms with Crippen LogP contribution in [-0.2, 0) is 4.79 Å². The van der Waals surface area contributed by atoms with Crippen molar-refractivity contribution in [2.24, 2.45) is 17.6 Å². The van der Waals surface area contributed by atoms with Crippen LogP contribution in [0.2, 0.25) is 0 Å². The predicted molar refractivity (Wildman–Crippen MR) is 108 cm³/mol.